The molecule has 1 aliphatic heterocycles. The molecular formula is C16H14Cl2FNO. The van der Waals surface area contributed by atoms with Crippen LogP contribution in [-0.4, -0.2) is 7.05 Å². The minimum Gasteiger partial charge on any atom is -0.485 e. The van der Waals surface area contributed by atoms with Crippen molar-refractivity contribution in [3.8, 4) is 5.75 Å². The molecule has 2 atom stereocenters. The van der Waals surface area contributed by atoms with E-state index in [0.29, 0.717) is 27.8 Å². The van der Waals surface area contributed by atoms with Crippen LogP contribution in [-0.2, 0) is 0 Å². The van der Waals surface area contributed by atoms with Gasteiger partial charge < -0.3 is 10.1 Å². The van der Waals surface area contributed by atoms with Crippen molar-refractivity contribution in [2.24, 2.45) is 0 Å². The van der Waals surface area contributed by atoms with E-state index in [1.807, 2.05) is 19.2 Å². The number of fused-ring (bicyclic) bond motifs is 1. The van der Waals surface area contributed by atoms with Gasteiger partial charge in [0, 0.05) is 28.6 Å². The van der Waals surface area contributed by atoms with Gasteiger partial charge in [0.05, 0.1) is 5.02 Å². The maximum atomic E-state index is 14.1. The molecule has 21 heavy (non-hydrogen) atoms. The summed E-state index contributed by atoms with van der Waals surface area (Å²) in [6, 6.07) is 10.1. The second-order valence-electron chi connectivity index (χ2n) is 5.00. The van der Waals surface area contributed by atoms with E-state index >= 15 is 0 Å². The van der Waals surface area contributed by atoms with Crippen LogP contribution in [0.4, 0.5) is 4.39 Å². The average Bonchev–Trinajstić information content (AvgIpc) is 2.46. The number of nitrogens with one attached hydrogen (secondary N) is 1. The molecule has 0 saturated heterocycles. The molecule has 5 heteroatoms. The van der Waals surface area contributed by atoms with Gasteiger partial charge in [-0.25, -0.2) is 4.39 Å². The lowest BCUT2D eigenvalue weighted by Gasteiger charge is -2.33. The summed E-state index contributed by atoms with van der Waals surface area (Å²) in [6.07, 6.45) is 0.162. The van der Waals surface area contributed by atoms with Gasteiger partial charge in [-0.2, -0.15) is 0 Å². The Morgan fingerprint density at radius 3 is 2.76 bits per heavy atom. The molecule has 0 fully saturated rings. The smallest absolute Gasteiger partial charge is 0.131 e. The van der Waals surface area contributed by atoms with Crippen LogP contribution < -0.4 is 10.1 Å². The Morgan fingerprint density at radius 1 is 1.24 bits per heavy atom. The summed E-state index contributed by atoms with van der Waals surface area (Å²) in [4.78, 5) is 0. The Labute approximate surface area is 132 Å². The second-order valence-corrected chi connectivity index (χ2v) is 5.84. The Kier molecular flexibility index (Phi) is 4.07. The number of ether oxygens (including phenoxy) is 1. The summed E-state index contributed by atoms with van der Waals surface area (Å²) in [5, 5.41) is 4.26. The zero-order chi connectivity index (χ0) is 15.0. The highest BCUT2D eigenvalue weighted by molar-refractivity contribution is 6.31. The van der Waals surface area contributed by atoms with Gasteiger partial charge in [-0.15, -0.1) is 0 Å². The van der Waals surface area contributed by atoms with E-state index in [1.165, 1.54) is 6.07 Å². The predicted octanol–water partition coefficient (Wildman–Crippen LogP) is 4.92. The van der Waals surface area contributed by atoms with Gasteiger partial charge >= 0.3 is 0 Å². The molecule has 1 aliphatic rings. The molecular weight excluding hydrogens is 312 g/mol. The highest BCUT2D eigenvalue weighted by Crippen LogP contribution is 2.43. The van der Waals surface area contributed by atoms with Crippen LogP contribution in [0.5, 0.6) is 5.75 Å². The van der Waals surface area contributed by atoms with Crippen molar-refractivity contribution in [2.45, 2.75) is 18.6 Å². The van der Waals surface area contributed by atoms with E-state index < -0.39 is 6.10 Å². The Balaban J connectivity index is 2.03. The quantitative estimate of drug-likeness (QED) is 0.846. The molecule has 2 aromatic rings. The van der Waals surface area contributed by atoms with Crippen molar-refractivity contribution in [3.63, 3.8) is 0 Å². The van der Waals surface area contributed by atoms with Gasteiger partial charge in [-0.3, -0.25) is 0 Å². The van der Waals surface area contributed by atoms with Crippen molar-refractivity contribution in [3.05, 3.63) is 63.4 Å². The van der Waals surface area contributed by atoms with Crippen LogP contribution in [0, 0.1) is 5.82 Å². The van der Waals surface area contributed by atoms with Crippen molar-refractivity contribution < 1.29 is 9.13 Å². The van der Waals surface area contributed by atoms with Crippen LogP contribution >= 0.6 is 23.2 Å². The fourth-order valence-corrected chi connectivity index (χ4v) is 3.18. The zero-order valence-electron chi connectivity index (χ0n) is 11.4. The van der Waals surface area contributed by atoms with Gasteiger partial charge in [0.25, 0.3) is 0 Å². The predicted molar refractivity (Wildman–Crippen MR) is 82.6 cm³/mol. The summed E-state index contributed by atoms with van der Waals surface area (Å²) in [6.45, 7) is 0. The number of benzene rings is 2. The lowest BCUT2D eigenvalue weighted by molar-refractivity contribution is 0.150. The van der Waals surface area contributed by atoms with Crippen LogP contribution in [0.1, 0.15) is 29.7 Å². The normalized spacial score (nSPS) is 20.8. The van der Waals surface area contributed by atoms with Crippen LogP contribution in [0.3, 0.4) is 0 Å². The van der Waals surface area contributed by atoms with Gasteiger partial charge in [0.1, 0.15) is 17.7 Å². The first-order valence-electron chi connectivity index (χ1n) is 6.67. The highest BCUT2D eigenvalue weighted by Gasteiger charge is 2.31. The second kappa shape index (κ2) is 5.84. The van der Waals surface area contributed by atoms with Crippen molar-refractivity contribution in [2.75, 3.05) is 7.05 Å². The van der Waals surface area contributed by atoms with E-state index in [2.05, 4.69) is 5.32 Å². The molecule has 110 valence electrons. The molecule has 0 aromatic heterocycles. The molecule has 3 rings (SSSR count). The van der Waals surface area contributed by atoms with Crippen molar-refractivity contribution in [1.29, 1.82) is 0 Å². The molecule has 2 aromatic carbocycles. The highest BCUT2D eigenvalue weighted by atomic mass is 35.5. The number of hydrogen-bond donors (Lipinski definition) is 1. The Morgan fingerprint density at radius 2 is 2.05 bits per heavy atom. The van der Waals surface area contributed by atoms with E-state index in [4.69, 9.17) is 27.9 Å². The number of rotatable bonds is 2. The molecule has 0 radical (unpaired) electrons. The molecule has 1 N–H and O–H groups in total. The van der Waals surface area contributed by atoms with Gasteiger partial charge in [0.2, 0.25) is 0 Å². The van der Waals surface area contributed by atoms with E-state index in [-0.39, 0.29) is 11.9 Å². The Bertz CT molecular complexity index is 657. The molecule has 0 aliphatic carbocycles. The van der Waals surface area contributed by atoms with E-state index in [1.54, 1.807) is 18.2 Å². The average molecular weight is 326 g/mol. The molecule has 1 heterocycles. The van der Waals surface area contributed by atoms with Crippen LogP contribution in [0.2, 0.25) is 10.0 Å². The van der Waals surface area contributed by atoms with Crippen LogP contribution in [0.25, 0.3) is 0 Å². The molecule has 0 amide bonds. The summed E-state index contributed by atoms with van der Waals surface area (Å²) in [7, 11) is 1.86. The monoisotopic (exact) mass is 325 g/mol. The molecule has 0 saturated carbocycles. The largest absolute Gasteiger partial charge is 0.485 e. The topological polar surface area (TPSA) is 21.3 Å². The molecule has 2 unspecified atom stereocenters. The summed E-state index contributed by atoms with van der Waals surface area (Å²) >= 11 is 12.2. The van der Waals surface area contributed by atoms with Crippen LogP contribution in [0.15, 0.2) is 36.4 Å². The SMILES string of the molecule is CNC1CC(c2c(F)cccc2Cl)Oc2ccc(Cl)cc21. The minimum atomic E-state index is -0.426. The Hall–Kier alpha value is -1.29. The number of halogens is 3. The third-order valence-electron chi connectivity index (χ3n) is 3.74. The molecule has 0 spiro atoms. The zero-order valence-corrected chi connectivity index (χ0v) is 12.9. The fraction of sp³-hybridized carbons (Fsp3) is 0.250. The van der Waals surface area contributed by atoms with Gasteiger partial charge in [-0.05, 0) is 37.4 Å². The third kappa shape index (κ3) is 2.73. The standard InChI is InChI=1S/C16H14Cl2FNO/c1-20-13-8-15(16-11(18)3-2-4-12(16)19)21-14-6-5-9(17)7-10(13)14/h2-7,13,15,20H,8H2,1H3. The first kappa shape index (κ1) is 14.6. The fourth-order valence-electron chi connectivity index (χ4n) is 2.71. The first-order chi connectivity index (χ1) is 10.1. The van der Waals surface area contributed by atoms with Gasteiger partial charge in [-0.1, -0.05) is 29.3 Å². The minimum absolute atomic E-state index is 0.0353. The maximum absolute atomic E-state index is 14.1. The van der Waals surface area contributed by atoms with E-state index in [0.717, 1.165) is 5.56 Å². The summed E-state index contributed by atoms with van der Waals surface area (Å²) in [5.41, 5.74) is 1.38. The summed E-state index contributed by atoms with van der Waals surface area (Å²) in [5.74, 6) is 0.356. The lowest BCUT2D eigenvalue weighted by Crippen LogP contribution is -2.27. The third-order valence-corrected chi connectivity index (χ3v) is 4.30. The lowest BCUT2D eigenvalue weighted by atomic mass is 9.93. The van der Waals surface area contributed by atoms with E-state index in [9.17, 15) is 4.39 Å². The van der Waals surface area contributed by atoms with Crippen molar-refractivity contribution >= 4 is 23.2 Å². The molecule has 0 bridgehead atoms. The number of hydrogen-bond acceptors (Lipinski definition) is 2. The van der Waals surface area contributed by atoms with Gasteiger partial charge in [0.15, 0.2) is 0 Å². The summed E-state index contributed by atoms with van der Waals surface area (Å²) < 4.78 is 20.0. The first-order valence-corrected chi connectivity index (χ1v) is 7.43. The maximum Gasteiger partial charge on any atom is 0.131 e. The van der Waals surface area contributed by atoms with Crippen molar-refractivity contribution in [1.82, 2.24) is 5.32 Å². The molecule has 2 nitrogen and oxygen atoms in total.